The van der Waals surface area contributed by atoms with E-state index in [0.717, 1.165) is 9.13 Å². The fourth-order valence-corrected chi connectivity index (χ4v) is 2.29. The monoisotopic (exact) mass is 355 g/mol. The van der Waals surface area contributed by atoms with Gasteiger partial charge in [0.15, 0.2) is 0 Å². The maximum Gasteiger partial charge on any atom is 0.100 e. The Morgan fingerprint density at radius 1 is 1.58 bits per heavy atom. The van der Waals surface area contributed by atoms with Gasteiger partial charge in [0.25, 0.3) is 0 Å². The van der Waals surface area contributed by atoms with Gasteiger partial charge in [0.2, 0.25) is 0 Å². The summed E-state index contributed by atoms with van der Waals surface area (Å²) < 4.78 is 0.828. The lowest BCUT2D eigenvalue weighted by molar-refractivity contribution is 1.38. The highest BCUT2D eigenvalue weighted by Crippen LogP contribution is 2.27. The Morgan fingerprint density at radius 2 is 2.25 bits per heavy atom. The van der Waals surface area contributed by atoms with Gasteiger partial charge < -0.3 is 0 Å². The predicted octanol–water partition coefficient (Wildman–Crippen LogP) is 3.71. The largest absolute Gasteiger partial charge is 0.192 e. The molecule has 0 saturated heterocycles. The molecule has 0 N–H and O–H groups in total. The lowest BCUT2D eigenvalue weighted by Crippen LogP contribution is -1.88. The van der Waals surface area contributed by atoms with E-state index < -0.39 is 0 Å². The third kappa shape index (κ3) is 1.93. The van der Waals surface area contributed by atoms with Gasteiger partial charge in [0.05, 0.1) is 10.6 Å². The van der Waals surface area contributed by atoms with Crippen LogP contribution in [-0.4, -0.2) is 0 Å². The number of benzene rings is 1. The van der Waals surface area contributed by atoms with E-state index in [1.54, 1.807) is 6.07 Å². The van der Waals surface area contributed by atoms with E-state index >= 15 is 0 Å². The molecule has 0 heterocycles. The first-order valence-corrected chi connectivity index (χ1v) is 5.71. The van der Waals surface area contributed by atoms with Gasteiger partial charge in [0, 0.05) is 8.90 Å². The number of hydrogen-bond donors (Lipinski definition) is 0. The molecule has 0 radical (unpaired) electrons. The maximum atomic E-state index is 8.68. The van der Waals surface area contributed by atoms with Crippen molar-refractivity contribution in [2.75, 3.05) is 0 Å². The van der Waals surface area contributed by atoms with Gasteiger partial charge in [-0.15, -0.1) is 0 Å². The summed E-state index contributed by atoms with van der Waals surface area (Å²) in [5, 5.41) is 10.1. The van der Waals surface area contributed by atoms with Crippen LogP contribution in [0, 0.1) is 14.9 Å². The summed E-state index contributed by atoms with van der Waals surface area (Å²) in [6.07, 6.45) is 0. The Hall–Kier alpha value is 0.210. The quantitative estimate of drug-likeness (QED) is 0.556. The molecule has 0 aliphatic rings. The second-order valence-electron chi connectivity index (χ2n) is 2.15. The van der Waals surface area contributed by atoms with Crippen LogP contribution < -0.4 is 0 Å². The maximum absolute atomic E-state index is 8.68. The molecule has 1 rings (SSSR count). The van der Waals surface area contributed by atoms with Gasteiger partial charge in [-0.25, -0.2) is 0 Å². The number of halogens is 3. The number of hydrogen-bond acceptors (Lipinski definition) is 1. The highest BCUT2D eigenvalue weighted by molar-refractivity contribution is 14.1. The minimum absolute atomic E-state index is 0.630. The minimum Gasteiger partial charge on any atom is -0.192 e. The van der Waals surface area contributed by atoms with Gasteiger partial charge in [-0.1, -0.05) is 33.6 Å². The second kappa shape index (κ2) is 4.45. The fourth-order valence-electron chi connectivity index (χ4n) is 0.779. The standard InChI is InChI=1S/C8H4BrClIN/c9-3-5-1-2-6(4-12)8(11)7(5)10/h1-2H,3H2. The topological polar surface area (TPSA) is 23.8 Å². The van der Waals surface area contributed by atoms with E-state index in [0.29, 0.717) is 15.9 Å². The molecule has 62 valence electrons. The van der Waals surface area contributed by atoms with Gasteiger partial charge in [0.1, 0.15) is 6.07 Å². The summed E-state index contributed by atoms with van der Waals surface area (Å²) in [6.45, 7) is 0. The first-order chi connectivity index (χ1) is 5.70. The molecule has 0 unspecified atom stereocenters. The summed E-state index contributed by atoms with van der Waals surface area (Å²) in [6, 6.07) is 5.72. The molecular weight excluding hydrogens is 352 g/mol. The molecule has 4 heteroatoms. The Kier molecular flexibility index (Phi) is 3.81. The fraction of sp³-hybridized carbons (Fsp3) is 0.125. The molecule has 0 amide bonds. The highest BCUT2D eigenvalue weighted by atomic mass is 127. The molecule has 0 bridgehead atoms. The molecule has 0 saturated carbocycles. The molecule has 0 aliphatic heterocycles. The summed E-state index contributed by atoms with van der Waals surface area (Å²) in [7, 11) is 0. The van der Waals surface area contributed by atoms with E-state index in [-0.39, 0.29) is 0 Å². The van der Waals surface area contributed by atoms with Gasteiger partial charge in [-0.05, 0) is 34.2 Å². The van der Waals surface area contributed by atoms with Crippen molar-refractivity contribution in [3.63, 3.8) is 0 Å². The molecule has 0 spiro atoms. The van der Waals surface area contributed by atoms with E-state index in [2.05, 4.69) is 44.6 Å². The van der Waals surface area contributed by atoms with Gasteiger partial charge in [-0.2, -0.15) is 5.26 Å². The van der Waals surface area contributed by atoms with Crippen LogP contribution in [0.1, 0.15) is 11.1 Å². The SMILES string of the molecule is N#Cc1ccc(CBr)c(Cl)c1I. The molecule has 1 aromatic rings. The molecule has 0 aromatic heterocycles. The molecule has 1 nitrogen and oxygen atoms in total. The van der Waals surface area contributed by atoms with E-state index in [1.807, 2.05) is 6.07 Å². The summed E-state index contributed by atoms with van der Waals surface area (Å²) in [5.41, 5.74) is 1.64. The normalized spacial score (nSPS) is 9.50. The molecule has 0 fully saturated rings. The second-order valence-corrected chi connectivity index (χ2v) is 4.16. The number of nitriles is 1. The van der Waals surface area contributed by atoms with Crippen LogP contribution in [0.3, 0.4) is 0 Å². The van der Waals surface area contributed by atoms with Crippen molar-refractivity contribution in [3.8, 4) is 6.07 Å². The van der Waals surface area contributed by atoms with Crippen molar-refractivity contribution in [2.24, 2.45) is 0 Å². The van der Waals surface area contributed by atoms with Crippen molar-refractivity contribution < 1.29 is 0 Å². The van der Waals surface area contributed by atoms with Gasteiger partial charge >= 0.3 is 0 Å². The van der Waals surface area contributed by atoms with Crippen molar-refractivity contribution in [2.45, 2.75) is 5.33 Å². The van der Waals surface area contributed by atoms with E-state index in [4.69, 9.17) is 16.9 Å². The molecule has 1 aromatic carbocycles. The van der Waals surface area contributed by atoms with Crippen molar-refractivity contribution >= 4 is 50.1 Å². The molecule has 12 heavy (non-hydrogen) atoms. The van der Waals surface area contributed by atoms with Crippen LogP contribution >= 0.6 is 50.1 Å². The summed E-state index contributed by atoms with van der Waals surface area (Å²) in [5.74, 6) is 0. The molecule has 0 atom stereocenters. The number of alkyl halides is 1. The van der Waals surface area contributed by atoms with Crippen molar-refractivity contribution in [1.82, 2.24) is 0 Å². The van der Waals surface area contributed by atoms with Crippen molar-refractivity contribution in [3.05, 3.63) is 31.9 Å². The third-order valence-electron chi connectivity index (χ3n) is 1.43. The summed E-state index contributed by atoms with van der Waals surface area (Å²) >= 11 is 11.4. The zero-order valence-electron chi connectivity index (χ0n) is 5.94. The third-order valence-corrected chi connectivity index (χ3v) is 3.90. The average molecular weight is 356 g/mol. The zero-order chi connectivity index (χ0) is 9.14. The van der Waals surface area contributed by atoms with Crippen LogP contribution in [-0.2, 0) is 5.33 Å². The lowest BCUT2D eigenvalue weighted by Gasteiger charge is -2.03. The number of rotatable bonds is 1. The lowest BCUT2D eigenvalue weighted by atomic mass is 10.2. The zero-order valence-corrected chi connectivity index (χ0v) is 10.4. The van der Waals surface area contributed by atoms with Crippen LogP contribution in [0.4, 0.5) is 0 Å². The minimum atomic E-state index is 0.630. The predicted molar refractivity (Wildman–Crippen MR) is 61.5 cm³/mol. The molecule has 0 aliphatic carbocycles. The van der Waals surface area contributed by atoms with E-state index in [1.165, 1.54) is 0 Å². The highest BCUT2D eigenvalue weighted by Gasteiger charge is 2.07. The van der Waals surface area contributed by atoms with E-state index in [9.17, 15) is 0 Å². The van der Waals surface area contributed by atoms with Gasteiger partial charge in [-0.3, -0.25) is 0 Å². The average Bonchev–Trinajstić information content (AvgIpc) is 2.10. The molecular formula is C8H4BrClIN. The Balaban J connectivity index is 3.32. The van der Waals surface area contributed by atoms with Crippen LogP contribution in [0.2, 0.25) is 5.02 Å². The summed E-state index contributed by atoms with van der Waals surface area (Å²) in [4.78, 5) is 0. The van der Waals surface area contributed by atoms with Crippen molar-refractivity contribution in [1.29, 1.82) is 5.26 Å². The number of nitrogens with zero attached hydrogens (tertiary/aromatic N) is 1. The first-order valence-electron chi connectivity index (χ1n) is 3.13. The van der Waals surface area contributed by atoms with Crippen LogP contribution in [0.5, 0.6) is 0 Å². The Morgan fingerprint density at radius 3 is 2.75 bits per heavy atom. The van der Waals surface area contributed by atoms with Crippen LogP contribution in [0.25, 0.3) is 0 Å². The van der Waals surface area contributed by atoms with Crippen LogP contribution in [0.15, 0.2) is 12.1 Å². The Labute approximate surface area is 98.0 Å². The smallest absolute Gasteiger partial charge is 0.100 e. The Bertz CT molecular complexity index is 346. The first kappa shape index (κ1) is 10.3.